The van der Waals surface area contributed by atoms with Crippen LogP contribution in [-0.4, -0.2) is 12.9 Å². The Balaban J connectivity index is 1.90. The molecule has 3 nitrogen and oxygen atoms in total. The second-order valence-corrected chi connectivity index (χ2v) is 5.89. The first-order valence-electron chi connectivity index (χ1n) is 7.71. The highest BCUT2D eigenvalue weighted by Gasteiger charge is 2.21. The van der Waals surface area contributed by atoms with E-state index in [1.807, 2.05) is 12.1 Å². The lowest BCUT2D eigenvalue weighted by Crippen LogP contribution is -2.04. The van der Waals surface area contributed by atoms with E-state index in [1.165, 1.54) is 16.5 Å². The summed E-state index contributed by atoms with van der Waals surface area (Å²) in [6.45, 7) is 0. The van der Waals surface area contributed by atoms with Crippen molar-refractivity contribution in [3.63, 3.8) is 0 Å². The summed E-state index contributed by atoms with van der Waals surface area (Å²) in [5.41, 5.74) is 10.8. The van der Waals surface area contributed by atoms with Gasteiger partial charge in [0.05, 0.1) is 7.11 Å². The summed E-state index contributed by atoms with van der Waals surface area (Å²) in [4.78, 5) is 13.0. The zero-order chi connectivity index (χ0) is 16.0. The molecule has 3 aromatic rings. The topological polar surface area (TPSA) is 52.3 Å². The molecule has 0 fully saturated rings. The minimum absolute atomic E-state index is 0.00467. The zero-order valence-corrected chi connectivity index (χ0v) is 12.9. The molecule has 0 heterocycles. The molecule has 114 valence electrons. The van der Waals surface area contributed by atoms with Gasteiger partial charge in [0.25, 0.3) is 0 Å². The Morgan fingerprint density at radius 1 is 0.913 bits per heavy atom. The molecule has 0 aromatic heterocycles. The fourth-order valence-corrected chi connectivity index (χ4v) is 3.44. The van der Waals surface area contributed by atoms with Crippen molar-refractivity contribution in [2.75, 3.05) is 12.8 Å². The van der Waals surface area contributed by atoms with E-state index in [9.17, 15) is 4.79 Å². The van der Waals surface area contributed by atoms with Crippen molar-refractivity contribution in [3.8, 4) is 5.75 Å². The van der Waals surface area contributed by atoms with E-state index in [4.69, 9.17) is 10.5 Å². The monoisotopic (exact) mass is 303 g/mol. The van der Waals surface area contributed by atoms with Crippen LogP contribution in [0, 0.1) is 0 Å². The minimum atomic E-state index is -0.00467. The number of ether oxygens (including phenoxy) is 1. The maximum absolute atomic E-state index is 13.0. The summed E-state index contributed by atoms with van der Waals surface area (Å²) >= 11 is 0. The molecule has 1 aliphatic rings. The second-order valence-electron chi connectivity index (χ2n) is 5.89. The van der Waals surface area contributed by atoms with Gasteiger partial charge in [-0.3, -0.25) is 4.79 Å². The molecule has 1 aliphatic carbocycles. The van der Waals surface area contributed by atoms with Gasteiger partial charge in [-0.15, -0.1) is 0 Å². The normalized spacial score (nSPS) is 12.6. The molecule has 0 amide bonds. The van der Waals surface area contributed by atoms with Crippen molar-refractivity contribution < 1.29 is 9.53 Å². The van der Waals surface area contributed by atoms with Crippen LogP contribution in [0.3, 0.4) is 0 Å². The predicted molar refractivity (Wildman–Crippen MR) is 92.2 cm³/mol. The van der Waals surface area contributed by atoms with Gasteiger partial charge >= 0.3 is 0 Å². The Hall–Kier alpha value is -2.81. The number of methoxy groups -OCH3 is 1. The third kappa shape index (κ3) is 2.08. The van der Waals surface area contributed by atoms with Crippen molar-refractivity contribution in [1.29, 1.82) is 0 Å². The summed E-state index contributed by atoms with van der Waals surface area (Å²) in [7, 11) is 1.61. The number of nitrogens with two attached hydrogens (primary N) is 1. The van der Waals surface area contributed by atoms with E-state index in [0.717, 1.165) is 24.0 Å². The predicted octanol–water partition coefficient (Wildman–Crippen LogP) is 3.76. The van der Waals surface area contributed by atoms with Crippen LogP contribution in [0.15, 0.2) is 48.5 Å². The summed E-state index contributed by atoms with van der Waals surface area (Å²) in [6.07, 6.45) is 2.04. The summed E-state index contributed by atoms with van der Waals surface area (Å²) in [5.74, 6) is 0.733. The van der Waals surface area contributed by atoms with Crippen LogP contribution in [-0.2, 0) is 12.8 Å². The second kappa shape index (κ2) is 5.13. The number of rotatable bonds is 3. The molecule has 0 bridgehead atoms. The number of nitrogen functional groups attached to an aromatic ring is 1. The quantitative estimate of drug-likeness (QED) is 0.592. The zero-order valence-electron chi connectivity index (χ0n) is 12.9. The molecule has 0 spiro atoms. The number of hydrogen-bond donors (Lipinski definition) is 1. The lowest BCUT2D eigenvalue weighted by atomic mass is 9.93. The fraction of sp³-hybridized carbons (Fsp3) is 0.150. The Morgan fingerprint density at radius 2 is 1.57 bits per heavy atom. The highest BCUT2D eigenvalue weighted by Crippen LogP contribution is 2.37. The Morgan fingerprint density at radius 3 is 2.22 bits per heavy atom. The molecule has 4 rings (SSSR count). The van der Waals surface area contributed by atoms with Gasteiger partial charge in [-0.05, 0) is 59.7 Å². The third-order valence-corrected chi connectivity index (χ3v) is 4.63. The molecular weight excluding hydrogens is 286 g/mol. The maximum Gasteiger partial charge on any atom is 0.193 e. The van der Waals surface area contributed by atoms with E-state index in [1.54, 1.807) is 31.4 Å². The maximum atomic E-state index is 13.0. The van der Waals surface area contributed by atoms with Gasteiger partial charge in [0.2, 0.25) is 0 Å². The average molecular weight is 303 g/mol. The molecule has 0 aliphatic heterocycles. The Bertz CT molecular complexity index is 916. The largest absolute Gasteiger partial charge is 0.497 e. The number of hydrogen-bond acceptors (Lipinski definition) is 3. The lowest BCUT2D eigenvalue weighted by molar-refractivity contribution is 0.104. The summed E-state index contributed by atoms with van der Waals surface area (Å²) in [6, 6.07) is 15.2. The van der Waals surface area contributed by atoms with Crippen molar-refractivity contribution in [3.05, 3.63) is 70.8 Å². The first-order chi connectivity index (χ1) is 11.2. The SMILES string of the molecule is COc1ccc(C(=O)c2ccc3c4c(ccc(N)c24)CC3)cc1. The highest BCUT2D eigenvalue weighted by molar-refractivity contribution is 6.20. The van der Waals surface area contributed by atoms with Crippen LogP contribution in [0.2, 0.25) is 0 Å². The number of aryl methyl sites for hydroxylation is 2. The van der Waals surface area contributed by atoms with Gasteiger partial charge in [-0.25, -0.2) is 0 Å². The Labute approximate surface area is 134 Å². The number of benzene rings is 3. The number of anilines is 1. The highest BCUT2D eigenvalue weighted by atomic mass is 16.5. The number of carbonyl (C=O) groups excluding carboxylic acids is 1. The van der Waals surface area contributed by atoms with Crippen molar-refractivity contribution in [2.45, 2.75) is 12.8 Å². The molecule has 0 unspecified atom stereocenters. The van der Waals surface area contributed by atoms with Crippen molar-refractivity contribution >= 4 is 22.2 Å². The molecule has 0 saturated heterocycles. The molecule has 23 heavy (non-hydrogen) atoms. The first kappa shape index (κ1) is 13.8. The van der Waals surface area contributed by atoms with Gasteiger partial charge in [0.15, 0.2) is 5.78 Å². The minimum Gasteiger partial charge on any atom is -0.497 e. The molecule has 0 radical (unpaired) electrons. The molecule has 3 aromatic carbocycles. The van der Waals surface area contributed by atoms with Crippen LogP contribution in [0.5, 0.6) is 5.75 Å². The lowest BCUT2D eigenvalue weighted by Gasteiger charge is -2.11. The van der Waals surface area contributed by atoms with Crippen LogP contribution >= 0.6 is 0 Å². The summed E-state index contributed by atoms with van der Waals surface area (Å²) < 4.78 is 5.15. The van der Waals surface area contributed by atoms with Gasteiger partial charge in [0, 0.05) is 22.2 Å². The van der Waals surface area contributed by atoms with E-state index in [-0.39, 0.29) is 5.78 Å². The van der Waals surface area contributed by atoms with Crippen LogP contribution in [0.4, 0.5) is 5.69 Å². The number of carbonyl (C=O) groups is 1. The van der Waals surface area contributed by atoms with Gasteiger partial charge in [0.1, 0.15) is 5.75 Å². The Kier molecular flexibility index (Phi) is 3.08. The van der Waals surface area contributed by atoms with E-state index in [2.05, 4.69) is 12.1 Å². The smallest absolute Gasteiger partial charge is 0.193 e. The first-order valence-corrected chi connectivity index (χ1v) is 7.71. The molecule has 3 heteroatoms. The van der Waals surface area contributed by atoms with Crippen LogP contribution in [0.25, 0.3) is 10.8 Å². The van der Waals surface area contributed by atoms with Crippen molar-refractivity contribution in [1.82, 2.24) is 0 Å². The van der Waals surface area contributed by atoms with Crippen molar-refractivity contribution in [2.24, 2.45) is 0 Å². The fourth-order valence-electron chi connectivity index (χ4n) is 3.44. The van der Waals surface area contributed by atoms with E-state index in [0.29, 0.717) is 16.8 Å². The molecule has 0 atom stereocenters. The van der Waals surface area contributed by atoms with Gasteiger partial charge in [-0.2, -0.15) is 0 Å². The van der Waals surface area contributed by atoms with E-state index < -0.39 is 0 Å². The van der Waals surface area contributed by atoms with Gasteiger partial charge < -0.3 is 10.5 Å². The average Bonchev–Trinajstić information content (AvgIpc) is 3.02. The molecule has 2 N–H and O–H groups in total. The number of ketones is 1. The molecular formula is C20H17NO2. The van der Waals surface area contributed by atoms with Gasteiger partial charge in [-0.1, -0.05) is 18.2 Å². The third-order valence-electron chi connectivity index (χ3n) is 4.63. The van der Waals surface area contributed by atoms with E-state index >= 15 is 0 Å². The van der Waals surface area contributed by atoms with Crippen LogP contribution in [0.1, 0.15) is 27.0 Å². The summed E-state index contributed by atoms with van der Waals surface area (Å²) in [5, 5.41) is 2.07. The standard InChI is InChI=1S/C20H17NO2/c1-23-15-8-4-14(5-9-15)20(22)16-10-6-12-2-3-13-7-11-17(21)19(16)18(12)13/h4-11H,2-3,21H2,1H3. The molecule has 0 saturated carbocycles. The van der Waals surface area contributed by atoms with Crippen LogP contribution < -0.4 is 10.5 Å².